The third-order valence-corrected chi connectivity index (χ3v) is 3.17. The number of carbonyl (C=O) groups is 2. The molecule has 0 heterocycles. The van der Waals surface area contributed by atoms with E-state index in [1.54, 1.807) is 38.4 Å². The summed E-state index contributed by atoms with van der Waals surface area (Å²) in [5, 5.41) is 5.33. The van der Waals surface area contributed by atoms with E-state index in [1.807, 2.05) is 0 Å². The van der Waals surface area contributed by atoms with Gasteiger partial charge in [0.2, 0.25) is 5.91 Å². The summed E-state index contributed by atoms with van der Waals surface area (Å²) in [7, 11) is 3.30. The van der Waals surface area contributed by atoms with Crippen molar-refractivity contribution in [1.29, 1.82) is 0 Å². The SMILES string of the molecule is CN(C)C(=O)c1cccc(NCC(=O)Nc2ccc(F)c(F)c2)c1. The summed E-state index contributed by atoms with van der Waals surface area (Å²) in [5.74, 6) is -2.58. The number of benzene rings is 2. The number of anilines is 2. The zero-order valence-electron chi connectivity index (χ0n) is 13.3. The molecule has 126 valence electrons. The Morgan fingerprint density at radius 1 is 1.00 bits per heavy atom. The van der Waals surface area contributed by atoms with Gasteiger partial charge in [-0.2, -0.15) is 0 Å². The first-order chi connectivity index (χ1) is 11.4. The molecule has 0 unspecified atom stereocenters. The summed E-state index contributed by atoms with van der Waals surface area (Å²) in [5.41, 5.74) is 1.26. The molecule has 0 aliphatic carbocycles. The van der Waals surface area contributed by atoms with E-state index in [2.05, 4.69) is 10.6 Å². The van der Waals surface area contributed by atoms with E-state index in [9.17, 15) is 18.4 Å². The van der Waals surface area contributed by atoms with Crippen LogP contribution < -0.4 is 10.6 Å². The highest BCUT2D eigenvalue weighted by molar-refractivity contribution is 5.96. The minimum absolute atomic E-state index is 0.0847. The molecule has 0 aliphatic rings. The van der Waals surface area contributed by atoms with Crippen molar-refractivity contribution in [3.63, 3.8) is 0 Å². The molecule has 0 saturated carbocycles. The Kier molecular flexibility index (Phi) is 5.47. The first kappa shape index (κ1) is 17.4. The molecule has 0 bridgehead atoms. The largest absolute Gasteiger partial charge is 0.376 e. The molecule has 2 N–H and O–H groups in total. The van der Waals surface area contributed by atoms with E-state index in [0.717, 1.165) is 12.1 Å². The summed E-state index contributed by atoms with van der Waals surface area (Å²) in [4.78, 5) is 25.2. The number of hydrogen-bond acceptors (Lipinski definition) is 3. The second kappa shape index (κ2) is 7.54. The summed E-state index contributed by atoms with van der Waals surface area (Å²) >= 11 is 0. The van der Waals surface area contributed by atoms with Crippen LogP contribution in [0.3, 0.4) is 0 Å². The molecule has 0 aromatic heterocycles. The van der Waals surface area contributed by atoms with Crippen LogP contribution in [0.25, 0.3) is 0 Å². The highest BCUT2D eigenvalue weighted by atomic mass is 19.2. The average molecular weight is 333 g/mol. The quantitative estimate of drug-likeness (QED) is 0.884. The van der Waals surface area contributed by atoms with Crippen LogP contribution in [0.4, 0.5) is 20.2 Å². The van der Waals surface area contributed by atoms with Gasteiger partial charge >= 0.3 is 0 Å². The van der Waals surface area contributed by atoms with Gasteiger partial charge < -0.3 is 15.5 Å². The van der Waals surface area contributed by atoms with Gasteiger partial charge in [-0.15, -0.1) is 0 Å². The Hall–Kier alpha value is -2.96. The number of carbonyl (C=O) groups excluding carboxylic acids is 2. The van der Waals surface area contributed by atoms with Crippen LogP contribution in [0.15, 0.2) is 42.5 Å². The lowest BCUT2D eigenvalue weighted by Crippen LogP contribution is -2.23. The number of halogens is 2. The first-order valence-electron chi connectivity index (χ1n) is 7.17. The number of nitrogens with one attached hydrogen (secondary N) is 2. The first-order valence-corrected chi connectivity index (χ1v) is 7.17. The average Bonchev–Trinajstić information content (AvgIpc) is 2.56. The molecule has 2 rings (SSSR count). The fourth-order valence-corrected chi connectivity index (χ4v) is 1.98. The maximum atomic E-state index is 13.1. The zero-order chi connectivity index (χ0) is 17.7. The Morgan fingerprint density at radius 2 is 1.75 bits per heavy atom. The number of amides is 2. The smallest absolute Gasteiger partial charge is 0.253 e. The normalized spacial score (nSPS) is 10.2. The van der Waals surface area contributed by atoms with E-state index in [0.29, 0.717) is 11.3 Å². The Balaban J connectivity index is 1.95. The van der Waals surface area contributed by atoms with Gasteiger partial charge in [0.05, 0.1) is 6.54 Å². The second-order valence-electron chi connectivity index (χ2n) is 5.31. The third kappa shape index (κ3) is 4.52. The minimum atomic E-state index is -1.03. The van der Waals surface area contributed by atoms with Crippen molar-refractivity contribution in [2.75, 3.05) is 31.3 Å². The number of hydrogen-bond donors (Lipinski definition) is 2. The van der Waals surface area contributed by atoms with Gasteiger partial charge in [-0.3, -0.25) is 9.59 Å². The maximum absolute atomic E-state index is 13.1. The van der Waals surface area contributed by atoms with Gasteiger partial charge in [0.15, 0.2) is 11.6 Å². The molecule has 0 spiro atoms. The summed E-state index contributed by atoms with van der Waals surface area (Å²) in [6, 6.07) is 9.84. The van der Waals surface area contributed by atoms with Crippen molar-refractivity contribution >= 4 is 23.2 Å². The van der Waals surface area contributed by atoms with E-state index in [-0.39, 0.29) is 18.1 Å². The zero-order valence-corrected chi connectivity index (χ0v) is 13.3. The standard InChI is InChI=1S/C17H17F2N3O2/c1-22(2)17(24)11-4-3-5-12(8-11)20-10-16(23)21-13-6-7-14(18)15(19)9-13/h3-9,20H,10H2,1-2H3,(H,21,23). The Bertz CT molecular complexity index is 763. The van der Waals surface area contributed by atoms with Gasteiger partial charge in [-0.25, -0.2) is 8.78 Å². The monoisotopic (exact) mass is 333 g/mol. The topological polar surface area (TPSA) is 61.4 Å². The van der Waals surface area contributed by atoms with E-state index in [4.69, 9.17) is 0 Å². The van der Waals surface area contributed by atoms with Gasteiger partial charge in [0.1, 0.15) is 0 Å². The molecule has 2 amide bonds. The van der Waals surface area contributed by atoms with Crippen LogP contribution in [0.5, 0.6) is 0 Å². The molecule has 2 aromatic carbocycles. The van der Waals surface area contributed by atoms with Crippen LogP contribution in [-0.4, -0.2) is 37.4 Å². The molecule has 7 heteroatoms. The van der Waals surface area contributed by atoms with Crippen molar-refractivity contribution in [2.45, 2.75) is 0 Å². The molecular formula is C17H17F2N3O2. The highest BCUT2D eigenvalue weighted by Gasteiger charge is 2.09. The second-order valence-corrected chi connectivity index (χ2v) is 5.31. The van der Waals surface area contributed by atoms with Gasteiger partial charge in [-0.1, -0.05) is 6.07 Å². The van der Waals surface area contributed by atoms with E-state index < -0.39 is 17.5 Å². The van der Waals surface area contributed by atoms with Crippen molar-refractivity contribution in [3.05, 3.63) is 59.7 Å². The molecular weight excluding hydrogens is 316 g/mol. The molecule has 0 aliphatic heterocycles. The van der Waals surface area contributed by atoms with Crippen LogP contribution in [0.2, 0.25) is 0 Å². The summed E-state index contributed by atoms with van der Waals surface area (Å²) in [6.45, 7) is -0.0847. The Labute approximate surface area is 138 Å². The molecule has 0 fully saturated rings. The van der Waals surface area contributed by atoms with Gasteiger partial charge in [-0.05, 0) is 30.3 Å². The lowest BCUT2D eigenvalue weighted by Gasteiger charge is -2.12. The molecule has 24 heavy (non-hydrogen) atoms. The highest BCUT2D eigenvalue weighted by Crippen LogP contribution is 2.14. The molecule has 0 atom stereocenters. The lowest BCUT2D eigenvalue weighted by atomic mass is 10.2. The van der Waals surface area contributed by atoms with Crippen molar-refractivity contribution in [1.82, 2.24) is 4.90 Å². The number of rotatable bonds is 5. The molecule has 5 nitrogen and oxygen atoms in total. The van der Waals surface area contributed by atoms with Gasteiger partial charge in [0, 0.05) is 37.1 Å². The maximum Gasteiger partial charge on any atom is 0.253 e. The van der Waals surface area contributed by atoms with E-state index in [1.165, 1.54) is 11.0 Å². The van der Waals surface area contributed by atoms with Crippen LogP contribution in [0.1, 0.15) is 10.4 Å². The predicted octanol–water partition coefficient (Wildman–Crippen LogP) is 2.72. The fraction of sp³-hybridized carbons (Fsp3) is 0.176. The Morgan fingerprint density at radius 3 is 2.42 bits per heavy atom. The third-order valence-electron chi connectivity index (χ3n) is 3.17. The van der Waals surface area contributed by atoms with E-state index >= 15 is 0 Å². The van der Waals surface area contributed by atoms with Crippen molar-refractivity contribution in [3.8, 4) is 0 Å². The van der Waals surface area contributed by atoms with Crippen LogP contribution in [-0.2, 0) is 4.79 Å². The number of nitrogens with zero attached hydrogens (tertiary/aromatic N) is 1. The van der Waals surface area contributed by atoms with Crippen LogP contribution >= 0.6 is 0 Å². The fourth-order valence-electron chi connectivity index (χ4n) is 1.98. The van der Waals surface area contributed by atoms with Crippen LogP contribution in [0, 0.1) is 11.6 Å². The van der Waals surface area contributed by atoms with Gasteiger partial charge in [0.25, 0.3) is 5.91 Å². The molecule has 0 saturated heterocycles. The molecule has 0 radical (unpaired) electrons. The summed E-state index contributed by atoms with van der Waals surface area (Å²) < 4.78 is 25.9. The lowest BCUT2D eigenvalue weighted by molar-refractivity contribution is -0.114. The summed E-state index contributed by atoms with van der Waals surface area (Å²) in [6.07, 6.45) is 0. The minimum Gasteiger partial charge on any atom is -0.376 e. The molecule has 2 aromatic rings. The predicted molar refractivity (Wildman–Crippen MR) is 87.9 cm³/mol. The van der Waals surface area contributed by atoms with Crippen molar-refractivity contribution < 1.29 is 18.4 Å². The van der Waals surface area contributed by atoms with Crippen molar-refractivity contribution in [2.24, 2.45) is 0 Å².